The van der Waals surface area contributed by atoms with Crippen LogP contribution in [0.15, 0.2) is 66.0 Å². The van der Waals surface area contributed by atoms with Gasteiger partial charge in [-0.3, -0.25) is 4.79 Å². The molecule has 6 rings (SSSR count). The van der Waals surface area contributed by atoms with Crippen LogP contribution in [0.5, 0.6) is 0 Å². The number of carbonyl (C=O) groups is 1. The number of hydrogen-bond acceptors (Lipinski definition) is 6. The van der Waals surface area contributed by atoms with Gasteiger partial charge >= 0.3 is 6.18 Å². The van der Waals surface area contributed by atoms with Crippen LogP contribution in [0, 0.1) is 12.3 Å². The fourth-order valence-electron chi connectivity index (χ4n) is 5.81. The van der Waals surface area contributed by atoms with E-state index in [1.165, 1.54) is 17.1 Å². The number of rotatable bonds is 2. The van der Waals surface area contributed by atoms with Gasteiger partial charge in [0.2, 0.25) is 5.95 Å². The molecule has 4 heterocycles. The predicted octanol–water partition coefficient (Wildman–Crippen LogP) is 4.46. The van der Waals surface area contributed by atoms with Gasteiger partial charge in [-0.25, -0.2) is 9.97 Å². The van der Waals surface area contributed by atoms with Crippen LogP contribution in [0.1, 0.15) is 23.6 Å². The van der Waals surface area contributed by atoms with E-state index in [0.717, 1.165) is 17.3 Å². The molecule has 1 aromatic heterocycles. The van der Waals surface area contributed by atoms with Crippen LogP contribution >= 0.6 is 0 Å². The number of anilines is 3. The number of hydrogen-bond donors (Lipinski definition) is 0. The Morgan fingerprint density at radius 3 is 2.43 bits per heavy atom. The highest BCUT2D eigenvalue weighted by atomic mass is 19.4. The Hall–Kier alpha value is -3.95. The number of aromatic nitrogens is 2. The first-order chi connectivity index (χ1) is 17.7. The van der Waals surface area contributed by atoms with Gasteiger partial charge in [-0.05, 0) is 62.2 Å². The molecular weight excluding hydrogens is 481 g/mol. The van der Waals surface area contributed by atoms with E-state index in [4.69, 9.17) is 0 Å². The number of benzene rings is 2. The molecule has 0 bridgehead atoms. The molecule has 190 valence electrons. The predicted molar refractivity (Wildman–Crippen MR) is 135 cm³/mol. The summed E-state index contributed by atoms with van der Waals surface area (Å²) in [6, 6.07) is 12.7. The van der Waals surface area contributed by atoms with Crippen molar-refractivity contribution in [3.8, 4) is 0 Å². The molecule has 0 aliphatic carbocycles. The van der Waals surface area contributed by atoms with Gasteiger partial charge < -0.3 is 9.80 Å². The Morgan fingerprint density at radius 2 is 1.73 bits per heavy atom. The number of nitrogens with zero attached hydrogens (tertiary/aromatic N) is 6. The Balaban J connectivity index is 1.47. The monoisotopic (exact) mass is 506 g/mol. The number of aryl methyl sites for hydroxylation is 1. The fraction of sp³-hybridized carbons (Fsp3) is 0.333. The van der Waals surface area contributed by atoms with Gasteiger partial charge in [0.1, 0.15) is 5.41 Å². The smallest absolute Gasteiger partial charge is 0.363 e. The van der Waals surface area contributed by atoms with Crippen LogP contribution in [-0.4, -0.2) is 47.3 Å². The molecule has 37 heavy (non-hydrogen) atoms. The van der Waals surface area contributed by atoms with Crippen LogP contribution < -0.4 is 14.8 Å². The van der Waals surface area contributed by atoms with Crippen molar-refractivity contribution in [2.24, 2.45) is 10.5 Å². The van der Waals surface area contributed by atoms with Crippen LogP contribution in [-0.2, 0) is 17.4 Å². The highest BCUT2D eigenvalue weighted by Gasteiger charge is 2.60. The van der Waals surface area contributed by atoms with Gasteiger partial charge in [-0.2, -0.15) is 23.3 Å². The number of hydrazone groups is 1. The summed E-state index contributed by atoms with van der Waals surface area (Å²) in [5, 5.41) is 6.09. The van der Waals surface area contributed by atoms with Gasteiger partial charge in [0, 0.05) is 37.7 Å². The molecule has 3 aromatic rings. The van der Waals surface area contributed by atoms with Gasteiger partial charge in [-0.1, -0.05) is 17.7 Å². The topological polar surface area (TPSA) is 64.9 Å². The lowest BCUT2D eigenvalue weighted by atomic mass is 9.67. The molecule has 1 amide bonds. The quantitative estimate of drug-likeness (QED) is 0.514. The fourth-order valence-corrected chi connectivity index (χ4v) is 5.81. The Morgan fingerprint density at radius 1 is 1.00 bits per heavy atom. The zero-order chi connectivity index (χ0) is 25.9. The third-order valence-electron chi connectivity index (χ3n) is 7.72. The molecule has 2 atom stereocenters. The summed E-state index contributed by atoms with van der Waals surface area (Å²) < 4.78 is 40.9. The molecule has 7 nitrogen and oxygen atoms in total. The Kier molecular flexibility index (Phi) is 5.25. The molecule has 1 spiro atoms. The zero-order valence-corrected chi connectivity index (χ0v) is 20.4. The third-order valence-corrected chi connectivity index (χ3v) is 7.72. The van der Waals surface area contributed by atoms with E-state index in [-0.39, 0.29) is 18.4 Å². The highest BCUT2D eigenvalue weighted by molar-refractivity contribution is 6.20. The van der Waals surface area contributed by atoms with Crippen LogP contribution in [0.25, 0.3) is 0 Å². The summed E-state index contributed by atoms with van der Waals surface area (Å²) in [5.41, 5.74) is 1.66. The minimum Gasteiger partial charge on any atom is -0.363 e. The minimum absolute atomic E-state index is 0.132. The lowest BCUT2D eigenvalue weighted by Gasteiger charge is -2.53. The van der Waals surface area contributed by atoms with Crippen molar-refractivity contribution in [1.29, 1.82) is 0 Å². The SMILES string of the molecule is CC1=NN(c2ccc(C)cc2)C(=O)[C@]12Cc1cc(C(F)(F)F)ccc1N1CCN(c3ncccn3)C[C@H]12. The maximum absolute atomic E-state index is 14.3. The van der Waals surface area contributed by atoms with Crippen molar-refractivity contribution in [2.75, 3.05) is 34.4 Å². The number of halogens is 3. The minimum atomic E-state index is -4.47. The summed E-state index contributed by atoms with van der Waals surface area (Å²) in [7, 11) is 0. The second-order valence-corrected chi connectivity index (χ2v) is 9.83. The van der Waals surface area contributed by atoms with E-state index in [9.17, 15) is 18.0 Å². The van der Waals surface area contributed by atoms with E-state index in [1.807, 2.05) is 36.1 Å². The summed E-state index contributed by atoms with van der Waals surface area (Å²) in [6.45, 7) is 5.28. The van der Waals surface area contributed by atoms with Gasteiger partial charge in [0.15, 0.2) is 0 Å². The molecule has 0 N–H and O–H groups in total. The summed E-state index contributed by atoms with van der Waals surface area (Å²) in [4.78, 5) is 27.2. The first-order valence-electron chi connectivity index (χ1n) is 12.1. The molecule has 3 aliphatic rings. The largest absolute Gasteiger partial charge is 0.416 e. The molecule has 0 saturated carbocycles. The first kappa shape index (κ1) is 23.4. The number of carbonyl (C=O) groups excluding carboxylic acids is 1. The average Bonchev–Trinajstić information content (AvgIpc) is 3.14. The van der Waals surface area contributed by atoms with Crippen molar-refractivity contribution in [3.63, 3.8) is 0 Å². The summed E-state index contributed by atoms with van der Waals surface area (Å²) >= 11 is 0. The van der Waals surface area contributed by atoms with Crippen LogP contribution in [0.2, 0.25) is 0 Å². The van der Waals surface area contributed by atoms with Crippen LogP contribution in [0.4, 0.5) is 30.5 Å². The van der Waals surface area contributed by atoms with E-state index in [2.05, 4.69) is 20.0 Å². The maximum atomic E-state index is 14.3. The standard InChI is InChI=1S/C27H25F3N6O/c1-17-4-7-21(8-5-17)36-24(37)26(18(2)33-36)15-19-14-20(27(28,29)30)6-9-22(19)35-13-12-34(16-23(26)35)25-31-10-3-11-32-25/h3-11,14,23H,12-13,15-16H2,1-2H3/t23-,26+/m0/s1. The molecule has 1 fully saturated rings. The second kappa shape index (κ2) is 8.29. The van der Waals surface area contributed by atoms with Crippen molar-refractivity contribution in [2.45, 2.75) is 32.5 Å². The van der Waals surface area contributed by atoms with Crippen molar-refractivity contribution >= 4 is 28.9 Å². The number of amides is 1. The number of piperazine rings is 1. The van der Waals surface area contributed by atoms with Gasteiger partial charge in [0.25, 0.3) is 5.91 Å². The Bertz CT molecular complexity index is 1390. The van der Waals surface area contributed by atoms with Crippen LogP contribution in [0.3, 0.4) is 0 Å². The van der Waals surface area contributed by atoms with Gasteiger partial charge in [0.05, 0.1) is 23.0 Å². The molecule has 10 heteroatoms. The van der Waals surface area contributed by atoms with E-state index < -0.39 is 17.2 Å². The van der Waals surface area contributed by atoms with Crippen molar-refractivity contribution in [3.05, 3.63) is 77.6 Å². The molecule has 0 unspecified atom stereocenters. The van der Waals surface area contributed by atoms with E-state index >= 15 is 0 Å². The third kappa shape index (κ3) is 3.65. The lowest BCUT2D eigenvalue weighted by Crippen LogP contribution is -2.67. The maximum Gasteiger partial charge on any atom is 0.416 e. The average molecular weight is 507 g/mol. The van der Waals surface area contributed by atoms with Gasteiger partial charge in [-0.15, -0.1) is 0 Å². The van der Waals surface area contributed by atoms with E-state index in [0.29, 0.717) is 42.5 Å². The number of alkyl halides is 3. The summed E-state index contributed by atoms with van der Waals surface area (Å²) in [5.74, 6) is 0.327. The second-order valence-electron chi connectivity index (χ2n) is 9.83. The highest BCUT2D eigenvalue weighted by Crippen LogP contribution is 2.49. The van der Waals surface area contributed by atoms with Crippen molar-refractivity contribution < 1.29 is 18.0 Å². The molecule has 1 saturated heterocycles. The Labute approximate surface area is 212 Å². The zero-order valence-electron chi connectivity index (χ0n) is 20.4. The lowest BCUT2D eigenvalue weighted by molar-refractivity contribution is -0.137. The normalized spacial score (nSPS) is 23.3. The first-order valence-corrected chi connectivity index (χ1v) is 12.1. The molecular formula is C27H25F3N6O. The van der Waals surface area contributed by atoms with Crippen molar-refractivity contribution in [1.82, 2.24) is 9.97 Å². The molecule has 3 aliphatic heterocycles. The summed E-state index contributed by atoms with van der Waals surface area (Å²) in [6.07, 6.45) is -0.996. The van der Waals surface area contributed by atoms with E-state index in [1.54, 1.807) is 25.4 Å². The number of fused-ring (bicyclic) bond motifs is 4. The molecule has 0 radical (unpaired) electrons. The molecule has 2 aromatic carbocycles.